The molecule has 0 saturated carbocycles. The molecule has 0 spiro atoms. The van der Waals surface area contributed by atoms with E-state index < -0.39 is 0 Å². The van der Waals surface area contributed by atoms with Crippen molar-refractivity contribution in [1.82, 2.24) is 20.4 Å². The van der Waals surface area contributed by atoms with Gasteiger partial charge < -0.3 is 19.6 Å². The van der Waals surface area contributed by atoms with Gasteiger partial charge in [0.15, 0.2) is 0 Å². The van der Waals surface area contributed by atoms with E-state index in [1.165, 1.54) is 19.3 Å². The van der Waals surface area contributed by atoms with E-state index in [1.807, 2.05) is 26.2 Å². The van der Waals surface area contributed by atoms with Gasteiger partial charge in [0, 0.05) is 44.2 Å². The lowest BCUT2D eigenvalue weighted by molar-refractivity contribution is -0.125. The third-order valence-corrected chi connectivity index (χ3v) is 6.58. The third-order valence-electron chi connectivity index (χ3n) is 6.58. The van der Waals surface area contributed by atoms with Crippen molar-refractivity contribution in [2.24, 2.45) is 5.92 Å². The van der Waals surface area contributed by atoms with Crippen LogP contribution in [0.15, 0.2) is 16.9 Å². The number of hydrogen-bond acceptors (Lipinski definition) is 7. The van der Waals surface area contributed by atoms with E-state index in [1.54, 1.807) is 0 Å². The molecule has 168 valence electrons. The number of carbonyl (C=O) groups is 1. The van der Waals surface area contributed by atoms with Crippen molar-refractivity contribution in [3.8, 4) is 0 Å². The largest absolute Gasteiger partial charge is 0.369 e. The average Bonchev–Trinajstić information content (AvgIpc) is 3.14. The van der Waals surface area contributed by atoms with E-state index in [4.69, 9.17) is 4.52 Å². The lowest BCUT2D eigenvalue weighted by Crippen LogP contribution is -2.41. The minimum absolute atomic E-state index is 0.0869. The molecule has 0 radical (unpaired) electrons. The molecule has 2 aromatic rings. The first kappa shape index (κ1) is 21.6. The second kappa shape index (κ2) is 10.1. The van der Waals surface area contributed by atoms with Crippen molar-refractivity contribution < 1.29 is 9.32 Å². The Morgan fingerprint density at radius 3 is 2.42 bits per heavy atom. The summed E-state index contributed by atoms with van der Waals surface area (Å²) < 4.78 is 5.20. The molecule has 1 amide bonds. The normalized spacial score (nSPS) is 17.7. The van der Waals surface area contributed by atoms with E-state index in [-0.39, 0.29) is 11.8 Å². The van der Waals surface area contributed by atoms with Crippen molar-refractivity contribution in [3.63, 3.8) is 0 Å². The summed E-state index contributed by atoms with van der Waals surface area (Å²) in [5.74, 6) is 1.98. The lowest BCUT2D eigenvalue weighted by Gasteiger charge is -2.33. The van der Waals surface area contributed by atoms with Crippen molar-refractivity contribution >= 4 is 17.5 Å². The van der Waals surface area contributed by atoms with Crippen LogP contribution in [0.4, 0.5) is 11.6 Å². The Morgan fingerprint density at radius 2 is 1.77 bits per heavy atom. The van der Waals surface area contributed by atoms with E-state index in [9.17, 15) is 4.79 Å². The van der Waals surface area contributed by atoms with Crippen LogP contribution in [0, 0.1) is 19.8 Å². The maximum atomic E-state index is 12.6. The number of nitrogens with one attached hydrogen (secondary N) is 1. The molecular weight excluding hydrogens is 392 g/mol. The molecular formula is C23H34N6O2. The second-order valence-electron chi connectivity index (χ2n) is 8.75. The van der Waals surface area contributed by atoms with Gasteiger partial charge in [-0.3, -0.25) is 4.79 Å². The summed E-state index contributed by atoms with van der Waals surface area (Å²) in [4.78, 5) is 26.3. The Kier molecular flexibility index (Phi) is 7.04. The van der Waals surface area contributed by atoms with Gasteiger partial charge in [0.05, 0.1) is 23.8 Å². The molecule has 2 aliphatic rings. The molecule has 2 aromatic heterocycles. The number of amides is 1. The summed E-state index contributed by atoms with van der Waals surface area (Å²) in [6.07, 6.45) is 11.1. The van der Waals surface area contributed by atoms with Crippen LogP contribution in [0.25, 0.3) is 0 Å². The summed E-state index contributed by atoms with van der Waals surface area (Å²) in [7, 11) is 0. The van der Waals surface area contributed by atoms with Gasteiger partial charge in [-0.25, -0.2) is 9.97 Å². The topological polar surface area (TPSA) is 87.4 Å². The zero-order valence-corrected chi connectivity index (χ0v) is 18.8. The van der Waals surface area contributed by atoms with Gasteiger partial charge in [-0.2, -0.15) is 0 Å². The first-order chi connectivity index (χ1) is 15.1. The minimum atomic E-state index is 0.0869. The highest BCUT2D eigenvalue weighted by molar-refractivity contribution is 5.79. The highest BCUT2D eigenvalue weighted by Crippen LogP contribution is 2.24. The molecule has 0 bridgehead atoms. The fourth-order valence-corrected chi connectivity index (χ4v) is 4.61. The Balaban J connectivity index is 1.19. The molecule has 8 heteroatoms. The fourth-order valence-electron chi connectivity index (χ4n) is 4.61. The molecule has 2 fully saturated rings. The maximum absolute atomic E-state index is 12.6. The van der Waals surface area contributed by atoms with Crippen LogP contribution in [0.1, 0.15) is 55.5 Å². The van der Waals surface area contributed by atoms with Crippen LogP contribution in [-0.2, 0) is 11.2 Å². The number of carbonyl (C=O) groups excluding carboxylic acids is 1. The summed E-state index contributed by atoms with van der Waals surface area (Å²) in [6.45, 7) is 8.43. The Morgan fingerprint density at radius 1 is 1.06 bits per heavy atom. The number of rotatable bonds is 7. The predicted molar refractivity (Wildman–Crippen MR) is 120 cm³/mol. The van der Waals surface area contributed by atoms with Gasteiger partial charge in [0.1, 0.15) is 5.76 Å². The SMILES string of the molecule is Cc1noc(C)c1CCCNC(=O)C1CCN(c2cnc(N3CCCCC3)nc2)CC1. The predicted octanol–water partition coefficient (Wildman–Crippen LogP) is 3.04. The van der Waals surface area contributed by atoms with Gasteiger partial charge >= 0.3 is 0 Å². The van der Waals surface area contributed by atoms with E-state index in [0.29, 0.717) is 6.54 Å². The molecule has 4 rings (SSSR count). The zero-order valence-electron chi connectivity index (χ0n) is 18.8. The van der Waals surface area contributed by atoms with Crippen molar-refractivity contribution in [3.05, 3.63) is 29.4 Å². The number of aryl methyl sites for hydroxylation is 2. The van der Waals surface area contributed by atoms with Gasteiger partial charge in [0.2, 0.25) is 11.9 Å². The highest BCUT2D eigenvalue weighted by atomic mass is 16.5. The fraction of sp³-hybridized carbons (Fsp3) is 0.652. The molecule has 1 N–H and O–H groups in total. The van der Waals surface area contributed by atoms with Gasteiger partial charge in [-0.15, -0.1) is 0 Å². The van der Waals surface area contributed by atoms with Crippen LogP contribution >= 0.6 is 0 Å². The van der Waals surface area contributed by atoms with Crippen LogP contribution in [0.3, 0.4) is 0 Å². The first-order valence-corrected chi connectivity index (χ1v) is 11.6. The van der Waals surface area contributed by atoms with Gasteiger partial charge in [0.25, 0.3) is 0 Å². The Hall–Kier alpha value is -2.64. The van der Waals surface area contributed by atoms with Crippen molar-refractivity contribution in [1.29, 1.82) is 0 Å². The molecule has 8 nitrogen and oxygen atoms in total. The van der Waals surface area contributed by atoms with E-state index in [0.717, 1.165) is 80.5 Å². The molecule has 2 saturated heterocycles. The number of hydrogen-bond donors (Lipinski definition) is 1. The van der Waals surface area contributed by atoms with Crippen molar-refractivity contribution in [2.75, 3.05) is 42.5 Å². The first-order valence-electron chi connectivity index (χ1n) is 11.6. The van der Waals surface area contributed by atoms with Crippen LogP contribution in [0.2, 0.25) is 0 Å². The average molecular weight is 427 g/mol. The number of anilines is 2. The quantitative estimate of drug-likeness (QED) is 0.681. The highest BCUT2D eigenvalue weighted by Gasteiger charge is 2.25. The third kappa shape index (κ3) is 5.35. The van der Waals surface area contributed by atoms with Crippen LogP contribution < -0.4 is 15.1 Å². The molecule has 2 aliphatic heterocycles. The zero-order chi connectivity index (χ0) is 21.6. The van der Waals surface area contributed by atoms with Gasteiger partial charge in [-0.05, 0) is 58.8 Å². The summed E-state index contributed by atoms with van der Waals surface area (Å²) in [5, 5.41) is 7.10. The number of piperidine rings is 2. The molecule has 31 heavy (non-hydrogen) atoms. The van der Waals surface area contributed by atoms with Crippen LogP contribution in [-0.4, -0.2) is 53.8 Å². The maximum Gasteiger partial charge on any atom is 0.225 e. The summed E-state index contributed by atoms with van der Waals surface area (Å²) in [5.41, 5.74) is 3.17. The second-order valence-corrected chi connectivity index (χ2v) is 8.75. The Labute approximate surface area is 184 Å². The molecule has 4 heterocycles. The van der Waals surface area contributed by atoms with Crippen LogP contribution in [0.5, 0.6) is 0 Å². The monoisotopic (exact) mass is 426 g/mol. The molecule has 0 unspecified atom stereocenters. The van der Waals surface area contributed by atoms with E-state index >= 15 is 0 Å². The molecule has 0 atom stereocenters. The minimum Gasteiger partial charge on any atom is -0.369 e. The lowest BCUT2D eigenvalue weighted by atomic mass is 9.95. The summed E-state index contributed by atoms with van der Waals surface area (Å²) >= 11 is 0. The molecule has 0 aromatic carbocycles. The van der Waals surface area contributed by atoms with E-state index in [2.05, 4.69) is 30.2 Å². The molecule has 0 aliphatic carbocycles. The number of nitrogens with zero attached hydrogens (tertiary/aromatic N) is 5. The summed E-state index contributed by atoms with van der Waals surface area (Å²) in [6, 6.07) is 0. The standard InChI is InChI=1S/C23H34N6O2/c1-17-21(18(2)31-27-17)7-6-10-24-22(30)19-8-13-28(14-9-19)20-15-25-23(26-16-20)29-11-4-3-5-12-29/h15-16,19H,3-14H2,1-2H3,(H,24,30). The van der Waals surface area contributed by atoms with Crippen molar-refractivity contribution in [2.45, 2.75) is 58.8 Å². The van der Waals surface area contributed by atoms with Gasteiger partial charge in [-0.1, -0.05) is 5.16 Å². The number of aromatic nitrogens is 3. The Bertz CT molecular complexity index is 832. The smallest absolute Gasteiger partial charge is 0.225 e.